The van der Waals surface area contributed by atoms with Crippen molar-refractivity contribution < 1.29 is 22.7 Å². The molecule has 35 heavy (non-hydrogen) atoms. The number of fused-ring (bicyclic) bond motifs is 1. The van der Waals surface area contributed by atoms with Crippen molar-refractivity contribution in [2.24, 2.45) is 0 Å². The van der Waals surface area contributed by atoms with Gasteiger partial charge in [0.1, 0.15) is 17.8 Å². The van der Waals surface area contributed by atoms with Gasteiger partial charge in [-0.15, -0.1) is 0 Å². The monoisotopic (exact) mass is 489 g/mol. The highest BCUT2D eigenvalue weighted by Crippen LogP contribution is 2.33. The summed E-state index contributed by atoms with van der Waals surface area (Å²) in [6.07, 6.45) is -0.524. The minimum atomic E-state index is -4.38. The average molecular weight is 490 g/mol. The Morgan fingerprint density at radius 1 is 1.03 bits per heavy atom. The molecule has 5 rings (SSSR count). The largest absolute Gasteiger partial charge is 0.416 e. The van der Waals surface area contributed by atoms with E-state index in [1.807, 2.05) is 16.7 Å². The van der Waals surface area contributed by atoms with E-state index >= 15 is 0 Å². The normalized spacial score (nSPS) is 20.1. The second kappa shape index (κ2) is 9.73. The number of amides is 1. The van der Waals surface area contributed by atoms with Gasteiger partial charge in [0.15, 0.2) is 0 Å². The summed E-state index contributed by atoms with van der Waals surface area (Å²) in [5.74, 6) is 0.498. The number of carbonyl (C=O) groups is 1. The third-order valence-electron chi connectivity index (χ3n) is 7.42. The molecule has 2 aromatic rings. The van der Waals surface area contributed by atoms with Crippen LogP contribution in [0.1, 0.15) is 45.6 Å². The van der Waals surface area contributed by atoms with Gasteiger partial charge in [0.2, 0.25) is 0 Å². The van der Waals surface area contributed by atoms with Gasteiger partial charge in [-0.25, -0.2) is 9.97 Å². The molecule has 3 aliphatic rings. The van der Waals surface area contributed by atoms with E-state index in [4.69, 9.17) is 4.74 Å². The van der Waals surface area contributed by atoms with E-state index in [1.54, 1.807) is 6.07 Å². The Morgan fingerprint density at radius 3 is 2.49 bits per heavy atom. The first-order chi connectivity index (χ1) is 16.8. The first kappa shape index (κ1) is 24.0. The van der Waals surface area contributed by atoms with Crippen molar-refractivity contribution >= 4 is 11.7 Å². The molecule has 10 heteroatoms. The fraction of sp³-hybridized carbons (Fsp3) is 0.560. The van der Waals surface area contributed by atoms with Gasteiger partial charge in [-0.05, 0) is 49.4 Å². The van der Waals surface area contributed by atoms with E-state index in [0.717, 1.165) is 50.8 Å². The molecule has 0 saturated carbocycles. The highest BCUT2D eigenvalue weighted by molar-refractivity contribution is 5.94. The third kappa shape index (κ3) is 4.99. The van der Waals surface area contributed by atoms with Gasteiger partial charge in [0.25, 0.3) is 5.91 Å². The van der Waals surface area contributed by atoms with Crippen LogP contribution in [0, 0.1) is 6.92 Å². The molecule has 2 fully saturated rings. The number of ether oxygens (including phenoxy) is 1. The number of morpholine rings is 1. The number of aromatic nitrogens is 2. The summed E-state index contributed by atoms with van der Waals surface area (Å²) in [4.78, 5) is 28.3. The molecule has 0 bridgehead atoms. The second-order valence-electron chi connectivity index (χ2n) is 9.50. The number of rotatable bonds is 3. The quantitative estimate of drug-likeness (QED) is 0.660. The van der Waals surface area contributed by atoms with Gasteiger partial charge >= 0.3 is 6.18 Å². The van der Waals surface area contributed by atoms with Crippen LogP contribution in [0.5, 0.6) is 0 Å². The minimum Gasteiger partial charge on any atom is -0.379 e. The van der Waals surface area contributed by atoms with Crippen LogP contribution < -0.4 is 4.90 Å². The van der Waals surface area contributed by atoms with Crippen LogP contribution in [-0.4, -0.2) is 77.7 Å². The number of anilines is 1. The number of alkyl halides is 3. The van der Waals surface area contributed by atoms with Crippen molar-refractivity contribution in [3.05, 3.63) is 52.5 Å². The maximum absolute atomic E-state index is 13.4. The predicted molar refractivity (Wildman–Crippen MR) is 124 cm³/mol. The van der Waals surface area contributed by atoms with Crippen molar-refractivity contribution in [1.82, 2.24) is 19.8 Å². The first-order valence-corrected chi connectivity index (χ1v) is 12.2. The summed E-state index contributed by atoms with van der Waals surface area (Å²) in [7, 11) is 0. The van der Waals surface area contributed by atoms with E-state index in [0.29, 0.717) is 61.3 Å². The smallest absolute Gasteiger partial charge is 0.379 e. The van der Waals surface area contributed by atoms with Gasteiger partial charge in [-0.2, -0.15) is 13.2 Å². The molecule has 0 atom stereocenters. The number of halogens is 3. The van der Waals surface area contributed by atoms with Crippen molar-refractivity contribution in [1.29, 1.82) is 0 Å². The molecule has 0 spiro atoms. The zero-order valence-electron chi connectivity index (χ0n) is 19.9. The molecule has 7 nitrogen and oxygen atoms in total. The summed E-state index contributed by atoms with van der Waals surface area (Å²) in [5, 5.41) is 0. The van der Waals surface area contributed by atoms with Gasteiger partial charge in [0.05, 0.1) is 18.8 Å². The van der Waals surface area contributed by atoms with Crippen molar-refractivity contribution in [3.8, 4) is 0 Å². The van der Waals surface area contributed by atoms with Crippen LogP contribution in [-0.2, 0) is 23.9 Å². The zero-order valence-corrected chi connectivity index (χ0v) is 19.9. The summed E-state index contributed by atoms with van der Waals surface area (Å²) < 4.78 is 45.1. The lowest BCUT2D eigenvalue weighted by Crippen LogP contribution is -2.50. The minimum absolute atomic E-state index is 0.108. The molecule has 4 heterocycles. The summed E-state index contributed by atoms with van der Waals surface area (Å²) in [6.45, 7) is 7.52. The van der Waals surface area contributed by atoms with Crippen LogP contribution in [0.15, 0.2) is 24.5 Å². The molecule has 0 unspecified atom stereocenters. The van der Waals surface area contributed by atoms with Crippen LogP contribution in [0.4, 0.5) is 19.0 Å². The Kier molecular flexibility index (Phi) is 6.67. The molecule has 0 aliphatic carbocycles. The lowest BCUT2D eigenvalue weighted by Gasteiger charge is -2.40. The predicted octanol–water partition coefficient (Wildman–Crippen LogP) is 3.30. The van der Waals surface area contributed by atoms with Gasteiger partial charge in [-0.1, -0.05) is 6.07 Å². The van der Waals surface area contributed by atoms with Crippen LogP contribution in [0.25, 0.3) is 0 Å². The molecular weight excluding hydrogens is 459 g/mol. The van der Waals surface area contributed by atoms with E-state index in [1.165, 1.54) is 12.4 Å². The summed E-state index contributed by atoms with van der Waals surface area (Å²) in [6, 6.07) is 4.41. The first-order valence-electron chi connectivity index (χ1n) is 12.2. The Morgan fingerprint density at radius 2 is 1.77 bits per heavy atom. The summed E-state index contributed by atoms with van der Waals surface area (Å²) >= 11 is 0. The van der Waals surface area contributed by atoms with E-state index in [-0.39, 0.29) is 5.91 Å². The Balaban J connectivity index is 1.29. The fourth-order valence-electron chi connectivity index (χ4n) is 5.42. The van der Waals surface area contributed by atoms with E-state index < -0.39 is 11.7 Å². The fourth-order valence-corrected chi connectivity index (χ4v) is 5.42. The van der Waals surface area contributed by atoms with E-state index in [2.05, 4.69) is 14.9 Å². The average Bonchev–Trinajstić information content (AvgIpc) is 2.88. The van der Waals surface area contributed by atoms with Crippen molar-refractivity contribution in [2.75, 3.05) is 50.8 Å². The highest BCUT2D eigenvalue weighted by Gasteiger charge is 2.33. The molecule has 188 valence electrons. The maximum Gasteiger partial charge on any atom is 0.416 e. The molecule has 0 N–H and O–H groups in total. The van der Waals surface area contributed by atoms with Crippen molar-refractivity contribution in [2.45, 2.75) is 44.9 Å². The Bertz CT molecular complexity index is 1080. The topological polar surface area (TPSA) is 61.8 Å². The zero-order chi connectivity index (χ0) is 24.6. The second-order valence-corrected chi connectivity index (χ2v) is 9.50. The molecule has 0 radical (unpaired) electrons. The van der Waals surface area contributed by atoms with E-state index in [9.17, 15) is 18.0 Å². The summed E-state index contributed by atoms with van der Waals surface area (Å²) in [5.41, 5.74) is 1.95. The number of hydrogen-bond donors (Lipinski definition) is 0. The number of likely N-dealkylation sites (tertiary alicyclic amines) is 1. The van der Waals surface area contributed by atoms with Crippen molar-refractivity contribution in [3.63, 3.8) is 0 Å². The Hall–Kier alpha value is -2.72. The number of piperidine rings is 1. The number of hydrogen-bond acceptors (Lipinski definition) is 6. The lowest BCUT2D eigenvalue weighted by atomic mass is 9.96. The highest BCUT2D eigenvalue weighted by atomic mass is 19.4. The standard InChI is InChI=1S/C25H30F3N5O2/c1-17-22(24(34)32-8-5-21(6-9-32)31-10-12-35-13-11-31)29-16-30-23(17)33-7-4-18-2-3-20(25(26,27)28)14-19(18)15-33/h2-3,14,16,21H,4-13,15H2,1H3. The SMILES string of the molecule is Cc1c(C(=O)N2CCC(N3CCOCC3)CC2)ncnc1N1CCc2ccc(C(F)(F)F)cc2C1. The van der Waals surface area contributed by atoms with Crippen LogP contribution >= 0.6 is 0 Å². The van der Waals surface area contributed by atoms with Crippen LogP contribution in [0.3, 0.4) is 0 Å². The lowest BCUT2D eigenvalue weighted by molar-refractivity contribution is -0.137. The Labute approximate surface area is 202 Å². The molecule has 1 aromatic carbocycles. The van der Waals surface area contributed by atoms with Gasteiger partial charge in [0, 0.05) is 50.9 Å². The third-order valence-corrected chi connectivity index (χ3v) is 7.42. The maximum atomic E-state index is 13.4. The van der Waals surface area contributed by atoms with Gasteiger partial charge in [-0.3, -0.25) is 9.69 Å². The molecule has 1 aromatic heterocycles. The number of benzene rings is 1. The molecule has 2 saturated heterocycles. The molecular formula is C25H30F3N5O2. The van der Waals surface area contributed by atoms with Gasteiger partial charge < -0.3 is 14.5 Å². The number of carbonyl (C=O) groups excluding carboxylic acids is 1. The molecule has 3 aliphatic heterocycles. The number of nitrogens with zero attached hydrogens (tertiary/aromatic N) is 5. The van der Waals surface area contributed by atoms with Crippen LogP contribution in [0.2, 0.25) is 0 Å². The molecule has 1 amide bonds.